The Morgan fingerprint density at radius 3 is 2.18 bits per heavy atom. The molecular weight excluding hydrogens is 214 g/mol. The first-order valence-electron chi connectivity index (χ1n) is 6.33. The van der Waals surface area contributed by atoms with Crippen LogP contribution in [0.2, 0.25) is 0 Å². The zero-order valence-electron chi connectivity index (χ0n) is 11.6. The maximum absolute atomic E-state index is 5.34. The van der Waals surface area contributed by atoms with Crippen LogP contribution in [0.3, 0.4) is 0 Å². The van der Waals surface area contributed by atoms with E-state index in [-0.39, 0.29) is 0 Å². The summed E-state index contributed by atoms with van der Waals surface area (Å²) in [6.45, 7) is 13.5. The fourth-order valence-electron chi connectivity index (χ4n) is 1.83. The number of hydrogen-bond donors (Lipinski definition) is 0. The molecule has 0 N–H and O–H groups in total. The lowest BCUT2D eigenvalue weighted by molar-refractivity contribution is 0.122. The second kappa shape index (κ2) is 6.55. The SMILES string of the molecule is CC.Cc1nc(C)c(C)c(N2CCOCC2)n1. The van der Waals surface area contributed by atoms with Gasteiger partial charge >= 0.3 is 0 Å². The van der Waals surface area contributed by atoms with E-state index in [9.17, 15) is 0 Å². The number of morpholine rings is 1. The molecule has 1 aromatic heterocycles. The van der Waals surface area contributed by atoms with Gasteiger partial charge < -0.3 is 9.64 Å². The minimum atomic E-state index is 0.793. The van der Waals surface area contributed by atoms with Gasteiger partial charge in [0.1, 0.15) is 11.6 Å². The Morgan fingerprint density at radius 2 is 1.59 bits per heavy atom. The molecule has 4 nitrogen and oxygen atoms in total. The summed E-state index contributed by atoms with van der Waals surface area (Å²) >= 11 is 0. The molecule has 0 aromatic carbocycles. The monoisotopic (exact) mass is 237 g/mol. The molecule has 0 spiro atoms. The standard InChI is InChI=1S/C11H17N3O.C2H6/c1-8-9(2)12-10(3)13-11(8)14-4-6-15-7-5-14;1-2/h4-7H2,1-3H3;1-2H3. The van der Waals surface area contributed by atoms with E-state index >= 15 is 0 Å². The number of hydrogen-bond acceptors (Lipinski definition) is 4. The van der Waals surface area contributed by atoms with E-state index in [1.165, 1.54) is 5.56 Å². The van der Waals surface area contributed by atoms with E-state index in [1.807, 2.05) is 27.7 Å². The average molecular weight is 237 g/mol. The Bertz CT molecular complexity index is 360. The average Bonchev–Trinajstić information content (AvgIpc) is 2.37. The van der Waals surface area contributed by atoms with Gasteiger partial charge in [-0.2, -0.15) is 0 Å². The maximum atomic E-state index is 5.34. The first kappa shape index (κ1) is 13.9. The van der Waals surface area contributed by atoms with Gasteiger partial charge in [0.05, 0.1) is 13.2 Å². The molecule has 17 heavy (non-hydrogen) atoms. The summed E-state index contributed by atoms with van der Waals surface area (Å²) in [5.74, 6) is 1.92. The minimum Gasteiger partial charge on any atom is -0.378 e. The highest BCUT2D eigenvalue weighted by Gasteiger charge is 2.16. The molecule has 1 aromatic rings. The van der Waals surface area contributed by atoms with E-state index in [2.05, 4.69) is 21.8 Å². The third kappa shape index (κ3) is 3.40. The molecule has 0 bridgehead atoms. The molecule has 4 heteroatoms. The van der Waals surface area contributed by atoms with Crippen LogP contribution in [-0.2, 0) is 4.74 Å². The molecule has 1 saturated heterocycles. The number of nitrogens with zero attached hydrogens (tertiary/aromatic N) is 3. The van der Waals surface area contributed by atoms with Crippen molar-refractivity contribution < 1.29 is 4.74 Å². The minimum absolute atomic E-state index is 0.793. The first-order chi connectivity index (χ1) is 8.18. The lowest BCUT2D eigenvalue weighted by Crippen LogP contribution is -2.37. The van der Waals surface area contributed by atoms with Crippen molar-refractivity contribution in [1.82, 2.24) is 9.97 Å². The number of ether oxygens (including phenoxy) is 1. The topological polar surface area (TPSA) is 38.2 Å². The maximum Gasteiger partial charge on any atom is 0.135 e. The van der Waals surface area contributed by atoms with Gasteiger partial charge in [-0.15, -0.1) is 0 Å². The predicted octanol–water partition coefficient (Wildman–Crippen LogP) is 2.26. The van der Waals surface area contributed by atoms with Gasteiger partial charge in [0, 0.05) is 24.3 Å². The van der Waals surface area contributed by atoms with E-state index < -0.39 is 0 Å². The number of aryl methyl sites for hydroxylation is 2. The van der Waals surface area contributed by atoms with Crippen LogP contribution in [0, 0.1) is 20.8 Å². The molecular formula is C13H23N3O. The van der Waals surface area contributed by atoms with Crippen LogP contribution in [0.4, 0.5) is 5.82 Å². The Kier molecular flexibility index (Phi) is 5.35. The van der Waals surface area contributed by atoms with Gasteiger partial charge in [-0.3, -0.25) is 0 Å². The van der Waals surface area contributed by atoms with Crippen molar-refractivity contribution in [3.8, 4) is 0 Å². The van der Waals surface area contributed by atoms with Crippen LogP contribution in [0.1, 0.15) is 30.9 Å². The zero-order valence-corrected chi connectivity index (χ0v) is 11.6. The van der Waals surface area contributed by atoms with Crippen LogP contribution in [-0.4, -0.2) is 36.3 Å². The summed E-state index contributed by atoms with van der Waals surface area (Å²) in [6, 6.07) is 0. The second-order valence-electron chi connectivity index (χ2n) is 3.90. The van der Waals surface area contributed by atoms with Gasteiger partial charge in [0.15, 0.2) is 0 Å². The normalized spacial score (nSPS) is 15.2. The highest BCUT2D eigenvalue weighted by atomic mass is 16.5. The molecule has 2 heterocycles. The highest BCUT2D eigenvalue weighted by molar-refractivity contribution is 5.48. The summed E-state index contributed by atoms with van der Waals surface area (Å²) in [4.78, 5) is 11.2. The Morgan fingerprint density at radius 1 is 1.00 bits per heavy atom. The molecule has 0 aliphatic carbocycles. The Labute approximate surface area is 104 Å². The highest BCUT2D eigenvalue weighted by Crippen LogP contribution is 2.20. The number of aromatic nitrogens is 2. The quantitative estimate of drug-likeness (QED) is 0.751. The van der Waals surface area contributed by atoms with E-state index in [4.69, 9.17) is 4.74 Å². The van der Waals surface area contributed by atoms with E-state index in [0.717, 1.165) is 43.6 Å². The van der Waals surface area contributed by atoms with Crippen LogP contribution < -0.4 is 4.90 Å². The van der Waals surface area contributed by atoms with Gasteiger partial charge in [0.25, 0.3) is 0 Å². The number of rotatable bonds is 1. The molecule has 2 rings (SSSR count). The smallest absolute Gasteiger partial charge is 0.135 e. The van der Waals surface area contributed by atoms with Gasteiger partial charge in [-0.1, -0.05) is 13.8 Å². The Hall–Kier alpha value is -1.16. The number of anilines is 1. The van der Waals surface area contributed by atoms with Crippen molar-refractivity contribution in [2.45, 2.75) is 34.6 Å². The van der Waals surface area contributed by atoms with Crippen molar-refractivity contribution >= 4 is 5.82 Å². The van der Waals surface area contributed by atoms with Crippen LogP contribution >= 0.6 is 0 Å². The second-order valence-corrected chi connectivity index (χ2v) is 3.90. The van der Waals surface area contributed by atoms with Crippen molar-refractivity contribution in [1.29, 1.82) is 0 Å². The van der Waals surface area contributed by atoms with Crippen molar-refractivity contribution in [3.63, 3.8) is 0 Å². The molecule has 1 fully saturated rings. The first-order valence-corrected chi connectivity index (χ1v) is 6.33. The van der Waals surface area contributed by atoms with Crippen molar-refractivity contribution in [2.24, 2.45) is 0 Å². The molecule has 0 saturated carbocycles. The molecule has 0 amide bonds. The fourth-order valence-corrected chi connectivity index (χ4v) is 1.83. The summed E-state index contributed by atoms with van der Waals surface area (Å²) in [5.41, 5.74) is 2.26. The van der Waals surface area contributed by atoms with Crippen molar-refractivity contribution in [3.05, 3.63) is 17.1 Å². The molecule has 0 radical (unpaired) electrons. The van der Waals surface area contributed by atoms with Crippen LogP contribution in [0.5, 0.6) is 0 Å². The zero-order chi connectivity index (χ0) is 12.8. The summed E-state index contributed by atoms with van der Waals surface area (Å²) in [5, 5.41) is 0. The largest absolute Gasteiger partial charge is 0.378 e. The van der Waals surface area contributed by atoms with E-state index in [1.54, 1.807) is 0 Å². The Balaban J connectivity index is 0.000000686. The third-order valence-electron chi connectivity index (χ3n) is 2.79. The van der Waals surface area contributed by atoms with Crippen molar-refractivity contribution in [2.75, 3.05) is 31.2 Å². The van der Waals surface area contributed by atoms with Gasteiger partial charge in [-0.25, -0.2) is 9.97 Å². The van der Waals surface area contributed by atoms with Gasteiger partial charge in [-0.05, 0) is 20.8 Å². The fraction of sp³-hybridized carbons (Fsp3) is 0.692. The van der Waals surface area contributed by atoms with E-state index in [0.29, 0.717) is 0 Å². The molecule has 0 atom stereocenters. The summed E-state index contributed by atoms with van der Waals surface area (Å²) in [6.07, 6.45) is 0. The van der Waals surface area contributed by atoms with Gasteiger partial charge in [0.2, 0.25) is 0 Å². The lowest BCUT2D eigenvalue weighted by Gasteiger charge is -2.29. The molecule has 1 aliphatic rings. The summed E-state index contributed by atoms with van der Waals surface area (Å²) in [7, 11) is 0. The van der Waals surface area contributed by atoms with Crippen LogP contribution in [0.25, 0.3) is 0 Å². The van der Waals surface area contributed by atoms with Crippen LogP contribution in [0.15, 0.2) is 0 Å². The molecule has 1 aliphatic heterocycles. The molecule has 96 valence electrons. The lowest BCUT2D eigenvalue weighted by atomic mass is 10.2. The predicted molar refractivity (Wildman–Crippen MR) is 70.6 cm³/mol. The third-order valence-corrected chi connectivity index (χ3v) is 2.79. The summed E-state index contributed by atoms with van der Waals surface area (Å²) < 4.78 is 5.34. The molecule has 0 unspecified atom stereocenters.